The molecule has 0 aliphatic heterocycles. The predicted octanol–water partition coefficient (Wildman–Crippen LogP) is 18.0. The zero-order valence-electron chi connectivity index (χ0n) is 42.9. The normalized spacial score (nSPS) is 13.8. The SMILES string of the molecule is c1ccc(N(c2ccccc2)c2ccc3nn(-c4ccc(N(c5cccc6c5-c5ccccc5C65c6ccccc6-c6ccccc65)c5cccc6c5-c5ccccc5C65c6ccccc6-c6ccccc65)cc4)nc3c2)cc1. The monoisotopic (exact) mass is 1010 g/mol. The van der Waals surface area contributed by atoms with Gasteiger partial charge in [0.25, 0.3) is 0 Å². The summed E-state index contributed by atoms with van der Waals surface area (Å²) >= 11 is 0. The van der Waals surface area contributed by atoms with Gasteiger partial charge in [0, 0.05) is 33.9 Å². The summed E-state index contributed by atoms with van der Waals surface area (Å²) in [5.41, 5.74) is 28.5. The predicted molar refractivity (Wildman–Crippen MR) is 321 cm³/mol. The number of anilines is 6. The third kappa shape index (κ3) is 5.88. The van der Waals surface area contributed by atoms with Crippen LogP contribution >= 0.6 is 0 Å². The summed E-state index contributed by atoms with van der Waals surface area (Å²) in [6.45, 7) is 0. The second-order valence-corrected chi connectivity index (χ2v) is 21.2. The summed E-state index contributed by atoms with van der Waals surface area (Å²) in [6, 6.07) is 105. The van der Waals surface area contributed by atoms with Crippen molar-refractivity contribution in [1.29, 1.82) is 0 Å². The van der Waals surface area contributed by atoms with Crippen molar-refractivity contribution in [3.63, 3.8) is 0 Å². The molecule has 0 fully saturated rings. The van der Waals surface area contributed by atoms with Crippen LogP contribution in [0.5, 0.6) is 0 Å². The Bertz CT molecular complexity index is 4310. The molecule has 5 nitrogen and oxygen atoms in total. The average molecular weight is 1010 g/mol. The van der Waals surface area contributed by atoms with Crippen LogP contribution in [0.2, 0.25) is 0 Å². The van der Waals surface area contributed by atoms with Crippen LogP contribution in [0.1, 0.15) is 44.5 Å². The van der Waals surface area contributed by atoms with Crippen LogP contribution in [-0.2, 0) is 10.8 Å². The second-order valence-electron chi connectivity index (χ2n) is 21.2. The van der Waals surface area contributed by atoms with Crippen LogP contribution in [-0.4, -0.2) is 15.0 Å². The van der Waals surface area contributed by atoms with E-state index in [-0.39, 0.29) is 0 Å². The molecule has 0 amide bonds. The minimum atomic E-state index is -0.510. The van der Waals surface area contributed by atoms with Crippen LogP contribution in [0, 0.1) is 0 Å². The van der Waals surface area contributed by atoms with Crippen molar-refractivity contribution < 1.29 is 0 Å². The van der Waals surface area contributed by atoms with Gasteiger partial charge in [0.15, 0.2) is 0 Å². The highest BCUT2D eigenvalue weighted by Gasteiger charge is 2.54. The van der Waals surface area contributed by atoms with Gasteiger partial charge in [-0.15, -0.1) is 10.2 Å². The van der Waals surface area contributed by atoms with Crippen molar-refractivity contribution >= 4 is 45.2 Å². The molecule has 4 aliphatic carbocycles. The second kappa shape index (κ2) is 16.6. The first-order chi connectivity index (χ1) is 39.2. The third-order valence-electron chi connectivity index (χ3n) is 17.5. The van der Waals surface area contributed by atoms with E-state index in [1.807, 2.05) is 0 Å². The summed E-state index contributed by atoms with van der Waals surface area (Å²) < 4.78 is 0. The van der Waals surface area contributed by atoms with Gasteiger partial charge in [-0.2, -0.15) is 4.80 Å². The number of benzene rings is 12. The zero-order valence-corrected chi connectivity index (χ0v) is 42.9. The smallest absolute Gasteiger partial charge is 0.115 e. The molecule has 368 valence electrons. The Kier molecular flexibility index (Phi) is 9.19. The van der Waals surface area contributed by atoms with Crippen molar-refractivity contribution in [1.82, 2.24) is 15.0 Å². The topological polar surface area (TPSA) is 37.2 Å². The first kappa shape index (κ1) is 43.8. The van der Waals surface area contributed by atoms with Crippen molar-refractivity contribution in [2.75, 3.05) is 9.80 Å². The van der Waals surface area contributed by atoms with E-state index in [1.165, 1.54) is 89.0 Å². The van der Waals surface area contributed by atoms with Gasteiger partial charge in [0.1, 0.15) is 11.0 Å². The van der Waals surface area contributed by atoms with Gasteiger partial charge < -0.3 is 9.80 Å². The van der Waals surface area contributed by atoms with E-state index in [0.717, 1.165) is 50.8 Å². The minimum absolute atomic E-state index is 0.510. The van der Waals surface area contributed by atoms with Gasteiger partial charge in [-0.05, 0) is 157 Å². The number of fused-ring (bicyclic) bond motifs is 21. The third-order valence-corrected chi connectivity index (χ3v) is 17.5. The number of nitrogens with zero attached hydrogens (tertiary/aromatic N) is 5. The fourth-order valence-electron chi connectivity index (χ4n) is 14.5. The number of para-hydroxylation sites is 2. The van der Waals surface area contributed by atoms with Crippen LogP contribution in [0.25, 0.3) is 61.2 Å². The van der Waals surface area contributed by atoms with E-state index in [9.17, 15) is 0 Å². The maximum absolute atomic E-state index is 5.17. The fraction of sp³-hybridized carbons (Fsp3) is 0.0270. The van der Waals surface area contributed by atoms with E-state index in [2.05, 4.69) is 295 Å². The molecule has 0 atom stereocenters. The lowest BCUT2D eigenvalue weighted by Gasteiger charge is -2.33. The highest BCUT2D eigenvalue weighted by atomic mass is 15.5. The fourth-order valence-corrected chi connectivity index (χ4v) is 14.5. The maximum atomic E-state index is 5.17. The molecular formula is C74H47N5. The molecule has 5 heteroatoms. The number of hydrogen-bond acceptors (Lipinski definition) is 4. The van der Waals surface area contributed by atoms with E-state index in [1.54, 1.807) is 4.80 Å². The summed E-state index contributed by atoms with van der Waals surface area (Å²) in [7, 11) is 0. The Balaban J connectivity index is 0.883. The number of rotatable bonds is 7. The van der Waals surface area contributed by atoms with Crippen LogP contribution in [0.3, 0.4) is 0 Å². The van der Waals surface area contributed by atoms with Crippen molar-refractivity contribution in [3.8, 4) is 50.2 Å². The first-order valence-corrected chi connectivity index (χ1v) is 27.2. The lowest BCUT2D eigenvalue weighted by molar-refractivity contribution is 0.766. The number of aromatic nitrogens is 3. The summed E-state index contributed by atoms with van der Waals surface area (Å²) in [6.07, 6.45) is 0. The highest BCUT2D eigenvalue weighted by molar-refractivity contribution is 6.05. The van der Waals surface area contributed by atoms with Gasteiger partial charge in [0.2, 0.25) is 0 Å². The number of hydrogen-bond donors (Lipinski definition) is 0. The molecule has 1 aromatic heterocycles. The van der Waals surface area contributed by atoms with Gasteiger partial charge in [-0.3, -0.25) is 0 Å². The molecule has 1 heterocycles. The molecule has 0 N–H and O–H groups in total. The molecule has 17 rings (SSSR count). The highest BCUT2D eigenvalue weighted by Crippen LogP contribution is 2.67. The van der Waals surface area contributed by atoms with Crippen molar-refractivity contribution in [3.05, 3.63) is 330 Å². The van der Waals surface area contributed by atoms with Crippen LogP contribution in [0.4, 0.5) is 34.1 Å². The Morgan fingerprint density at radius 1 is 0.253 bits per heavy atom. The molecule has 0 radical (unpaired) electrons. The van der Waals surface area contributed by atoms with E-state index in [4.69, 9.17) is 10.2 Å². The molecule has 0 bridgehead atoms. The largest absolute Gasteiger partial charge is 0.310 e. The lowest BCUT2D eigenvalue weighted by Crippen LogP contribution is -2.26. The van der Waals surface area contributed by atoms with Gasteiger partial charge in [0.05, 0.1) is 27.9 Å². The van der Waals surface area contributed by atoms with E-state index >= 15 is 0 Å². The standard InChI is InChI=1S/C74H47N5/c1-3-21-48(22-4-1)77(49-23-5-2-6-24-49)52-45-46-67-68(47-52)76-79(75-67)51-43-41-50(42-44-51)78(69-39-19-37-65-71(69)57-29-11-17-35-63(57)73(65)59-31-13-7-25-53(59)54-26-8-14-32-60(54)73)70-40-20-38-66-72(70)58-30-12-18-36-64(58)74(66)61-33-15-9-27-55(61)56-28-10-16-34-62(56)74/h1-47H. The molecule has 13 aromatic rings. The quantitative estimate of drug-likeness (QED) is 0.159. The van der Waals surface area contributed by atoms with Gasteiger partial charge in [-0.25, -0.2) is 0 Å². The molecule has 12 aromatic carbocycles. The Morgan fingerprint density at radius 2 is 0.595 bits per heavy atom. The molecule has 2 spiro atoms. The van der Waals surface area contributed by atoms with Gasteiger partial charge in [-0.1, -0.05) is 206 Å². The summed E-state index contributed by atoms with van der Waals surface area (Å²) in [5.74, 6) is 0. The van der Waals surface area contributed by atoms with Crippen molar-refractivity contribution in [2.24, 2.45) is 0 Å². The van der Waals surface area contributed by atoms with Gasteiger partial charge >= 0.3 is 0 Å². The maximum Gasteiger partial charge on any atom is 0.115 e. The molecule has 79 heavy (non-hydrogen) atoms. The van der Waals surface area contributed by atoms with Crippen LogP contribution in [0.15, 0.2) is 285 Å². The van der Waals surface area contributed by atoms with E-state index < -0.39 is 10.8 Å². The average Bonchev–Trinajstić information content (AvgIpc) is 2.59. The molecule has 0 saturated heterocycles. The summed E-state index contributed by atoms with van der Waals surface area (Å²) in [4.78, 5) is 6.59. The Morgan fingerprint density at radius 3 is 1.04 bits per heavy atom. The van der Waals surface area contributed by atoms with Crippen LogP contribution < -0.4 is 9.80 Å². The summed E-state index contributed by atoms with van der Waals surface area (Å²) in [5, 5.41) is 10.3. The van der Waals surface area contributed by atoms with E-state index in [0.29, 0.717) is 0 Å². The van der Waals surface area contributed by atoms with Crippen molar-refractivity contribution in [2.45, 2.75) is 10.8 Å². The zero-order chi connectivity index (χ0) is 51.8. The Labute approximate surface area is 458 Å². The Hall–Kier alpha value is -10.4. The molecular weight excluding hydrogens is 959 g/mol. The molecule has 0 saturated carbocycles. The minimum Gasteiger partial charge on any atom is -0.310 e. The molecule has 4 aliphatic rings. The lowest BCUT2D eigenvalue weighted by atomic mass is 9.70. The first-order valence-electron chi connectivity index (χ1n) is 27.2. The molecule has 0 unspecified atom stereocenters.